The number of nitrogens with one attached hydrogen (secondary N) is 2. The molecule has 0 atom stereocenters. The number of halogens is 1. The molecule has 8 heteroatoms. The predicted molar refractivity (Wildman–Crippen MR) is 128 cm³/mol. The lowest BCUT2D eigenvalue weighted by atomic mass is 10.1. The fraction of sp³-hybridized carbons (Fsp3) is 0.391. The molecule has 2 aromatic rings. The molecule has 3 rings (SSSR count). The summed E-state index contributed by atoms with van der Waals surface area (Å²) in [6, 6.07) is 13.1. The number of piperidine rings is 1. The van der Waals surface area contributed by atoms with Gasteiger partial charge in [-0.05, 0) is 74.9 Å². The largest absolute Gasteiger partial charge is 0.490 e. The summed E-state index contributed by atoms with van der Waals surface area (Å²) >= 11 is 11.6. The van der Waals surface area contributed by atoms with E-state index in [2.05, 4.69) is 22.6 Å². The van der Waals surface area contributed by atoms with E-state index in [1.165, 1.54) is 0 Å². The first-order chi connectivity index (χ1) is 14.9. The van der Waals surface area contributed by atoms with E-state index in [0.717, 1.165) is 37.2 Å². The van der Waals surface area contributed by atoms with Gasteiger partial charge < -0.3 is 25.0 Å². The van der Waals surface area contributed by atoms with Crippen LogP contribution in [0.3, 0.4) is 0 Å². The average Bonchev–Trinajstić information content (AvgIpc) is 2.75. The highest BCUT2D eigenvalue weighted by atomic mass is 35.5. The van der Waals surface area contributed by atoms with Crippen molar-refractivity contribution < 1.29 is 14.3 Å². The molecule has 0 spiro atoms. The summed E-state index contributed by atoms with van der Waals surface area (Å²) in [6.07, 6.45) is 2.41. The summed E-state index contributed by atoms with van der Waals surface area (Å²) in [5, 5.41) is 7.02. The fourth-order valence-corrected chi connectivity index (χ4v) is 3.75. The molecule has 0 aliphatic carbocycles. The van der Waals surface area contributed by atoms with Crippen LogP contribution >= 0.6 is 23.8 Å². The summed E-state index contributed by atoms with van der Waals surface area (Å²) in [6.45, 7) is 4.78. The Kier molecular flexibility index (Phi) is 8.51. The van der Waals surface area contributed by atoms with Crippen molar-refractivity contribution in [3.63, 3.8) is 0 Å². The van der Waals surface area contributed by atoms with Gasteiger partial charge in [-0.25, -0.2) is 4.79 Å². The van der Waals surface area contributed by atoms with Gasteiger partial charge in [-0.1, -0.05) is 23.7 Å². The van der Waals surface area contributed by atoms with Gasteiger partial charge in [0.1, 0.15) is 11.9 Å². The molecule has 166 valence electrons. The maximum Gasteiger partial charge on any atom is 0.339 e. The topological polar surface area (TPSA) is 62.8 Å². The number of nitrogens with zero attached hydrogens (tertiary/aromatic N) is 1. The maximum absolute atomic E-state index is 11.8. The maximum atomic E-state index is 11.8. The molecule has 1 saturated heterocycles. The third-order valence-electron chi connectivity index (χ3n) is 5.07. The first-order valence-corrected chi connectivity index (χ1v) is 11.2. The van der Waals surface area contributed by atoms with Crippen LogP contribution in [-0.4, -0.2) is 48.8 Å². The van der Waals surface area contributed by atoms with E-state index in [-0.39, 0.29) is 0 Å². The molecule has 1 aliphatic rings. The average molecular weight is 462 g/mol. The molecule has 2 N–H and O–H groups in total. The van der Waals surface area contributed by atoms with E-state index < -0.39 is 5.97 Å². The van der Waals surface area contributed by atoms with Crippen LogP contribution in [0.1, 0.15) is 35.7 Å². The minimum absolute atomic E-state index is 0.291. The minimum Gasteiger partial charge on any atom is -0.490 e. The van der Waals surface area contributed by atoms with Gasteiger partial charge in [-0.3, -0.25) is 0 Å². The summed E-state index contributed by atoms with van der Waals surface area (Å²) in [5.74, 6) is 0.457. The number of carbonyl (C=O) groups excluding carboxylic acids is 1. The lowest BCUT2D eigenvalue weighted by Gasteiger charge is -2.29. The van der Waals surface area contributed by atoms with E-state index in [1.54, 1.807) is 25.1 Å². The lowest BCUT2D eigenvalue weighted by molar-refractivity contribution is 0.0526. The monoisotopic (exact) mass is 461 g/mol. The predicted octanol–water partition coefficient (Wildman–Crippen LogP) is 4.48. The van der Waals surface area contributed by atoms with Gasteiger partial charge in [0, 0.05) is 25.3 Å². The van der Waals surface area contributed by atoms with Gasteiger partial charge in [0.25, 0.3) is 0 Å². The number of rotatable bonds is 7. The molecule has 0 bridgehead atoms. The fourth-order valence-electron chi connectivity index (χ4n) is 3.31. The molecule has 6 nitrogen and oxygen atoms in total. The van der Waals surface area contributed by atoms with Crippen molar-refractivity contribution in [2.75, 3.05) is 32.1 Å². The van der Waals surface area contributed by atoms with Crippen molar-refractivity contribution in [2.45, 2.75) is 32.4 Å². The minimum atomic E-state index is -0.442. The zero-order valence-corrected chi connectivity index (χ0v) is 19.4. The van der Waals surface area contributed by atoms with Gasteiger partial charge in [0.2, 0.25) is 0 Å². The van der Waals surface area contributed by atoms with Crippen LogP contribution < -0.4 is 15.4 Å². The van der Waals surface area contributed by atoms with Gasteiger partial charge in [0.05, 0.1) is 17.2 Å². The first-order valence-electron chi connectivity index (χ1n) is 10.4. The van der Waals surface area contributed by atoms with Crippen molar-refractivity contribution in [2.24, 2.45) is 0 Å². The van der Waals surface area contributed by atoms with Gasteiger partial charge in [0.15, 0.2) is 5.11 Å². The van der Waals surface area contributed by atoms with Crippen molar-refractivity contribution in [3.8, 4) is 5.75 Å². The SMILES string of the molecule is CCOC(=O)c1ccc(NC(=S)NCc2ccc(OC3CCN(C)CC3)cc2)cc1Cl. The molecular formula is C23H28ClN3O3S. The Labute approximate surface area is 193 Å². The second kappa shape index (κ2) is 11.3. The number of ether oxygens (including phenoxy) is 2. The zero-order valence-electron chi connectivity index (χ0n) is 17.8. The highest BCUT2D eigenvalue weighted by molar-refractivity contribution is 7.80. The lowest BCUT2D eigenvalue weighted by Crippen LogP contribution is -2.35. The Bertz CT molecular complexity index is 899. The molecule has 1 aliphatic heterocycles. The highest BCUT2D eigenvalue weighted by Crippen LogP contribution is 2.22. The van der Waals surface area contributed by atoms with Gasteiger partial charge in [-0.15, -0.1) is 0 Å². The molecule has 0 unspecified atom stereocenters. The molecule has 31 heavy (non-hydrogen) atoms. The second-order valence-corrected chi connectivity index (χ2v) is 8.30. The number of benzene rings is 2. The van der Waals surface area contributed by atoms with E-state index in [9.17, 15) is 4.79 Å². The third kappa shape index (κ3) is 7.09. The summed E-state index contributed by atoms with van der Waals surface area (Å²) < 4.78 is 11.1. The van der Waals surface area contributed by atoms with Crippen LogP contribution in [0.4, 0.5) is 5.69 Å². The first kappa shape index (κ1) is 23.3. The van der Waals surface area contributed by atoms with Crippen molar-refractivity contribution in [1.82, 2.24) is 10.2 Å². The molecule has 0 saturated carbocycles. The van der Waals surface area contributed by atoms with E-state index in [4.69, 9.17) is 33.3 Å². The zero-order chi connectivity index (χ0) is 22.2. The van der Waals surface area contributed by atoms with Gasteiger partial charge in [-0.2, -0.15) is 0 Å². The molecule has 1 fully saturated rings. The number of hydrogen-bond donors (Lipinski definition) is 2. The summed E-state index contributed by atoms with van der Waals surface area (Å²) in [4.78, 5) is 14.2. The number of esters is 1. The molecule has 0 radical (unpaired) electrons. The molecular weight excluding hydrogens is 434 g/mol. The molecule has 1 heterocycles. The number of anilines is 1. The Morgan fingerprint density at radius 2 is 1.90 bits per heavy atom. The standard InChI is InChI=1S/C23H28ClN3O3S/c1-3-29-22(28)20-9-6-17(14-21(20)24)26-23(31)25-15-16-4-7-18(8-5-16)30-19-10-12-27(2)13-11-19/h4-9,14,19H,3,10-13,15H2,1-2H3,(H2,25,26,31). The molecule has 2 aromatic carbocycles. The Morgan fingerprint density at radius 1 is 1.19 bits per heavy atom. The van der Waals surface area contributed by atoms with Crippen LogP contribution in [0.25, 0.3) is 0 Å². The number of hydrogen-bond acceptors (Lipinski definition) is 5. The summed E-state index contributed by atoms with van der Waals surface area (Å²) in [7, 11) is 2.14. The number of likely N-dealkylation sites (tertiary alicyclic amines) is 1. The van der Waals surface area contributed by atoms with Crippen LogP contribution in [0, 0.1) is 0 Å². The van der Waals surface area contributed by atoms with E-state index >= 15 is 0 Å². The second-order valence-electron chi connectivity index (χ2n) is 7.49. The smallest absolute Gasteiger partial charge is 0.339 e. The third-order valence-corrected chi connectivity index (χ3v) is 5.63. The Hall–Kier alpha value is -2.35. The van der Waals surface area contributed by atoms with Crippen LogP contribution in [-0.2, 0) is 11.3 Å². The molecule has 0 amide bonds. The van der Waals surface area contributed by atoms with Crippen LogP contribution in [0.15, 0.2) is 42.5 Å². The number of thiocarbonyl (C=S) groups is 1. The normalized spacial score (nSPS) is 14.7. The molecule has 0 aromatic heterocycles. The van der Waals surface area contributed by atoms with E-state index in [1.807, 2.05) is 24.3 Å². The quantitative estimate of drug-likeness (QED) is 0.465. The number of carbonyl (C=O) groups is 1. The van der Waals surface area contributed by atoms with E-state index in [0.29, 0.717) is 40.6 Å². The van der Waals surface area contributed by atoms with Crippen molar-refractivity contribution in [3.05, 3.63) is 58.6 Å². The van der Waals surface area contributed by atoms with Crippen LogP contribution in [0.5, 0.6) is 5.75 Å². The van der Waals surface area contributed by atoms with Crippen molar-refractivity contribution >= 4 is 40.6 Å². The van der Waals surface area contributed by atoms with Crippen LogP contribution in [0.2, 0.25) is 5.02 Å². The Morgan fingerprint density at radius 3 is 2.55 bits per heavy atom. The summed E-state index contributed by atoms with van der Waals surface area (Å²) in [5.41, 5.74) is 2.11. The highest BCUT2D eigenvalue weighted by Gasteiger charge is 2.18. The van der Waals surface area contributed by atoms with Crippen molar-refractivity contribution in [1.29, 1.82) is 0 Å². The Balaban J connectivity index is 1.46. The van der Waals surface area contributed by atoms with Gasteiger partial charge >= 0.3 is 5.97 Å².